The normalized spacial score (nSPS) is 13.3. The predicted octanol–water partition coefficient (Wildman–Crippen LogP) is 5.20. The summed E-state index contributed by atoms with van der Waals surface area (Å²) in [7, 11) is -0.908. The van der Waals surface area contributed by atoms with Gasteiger partial charge in [0.15, 0.2) is 0 Å². The minimum absolute atomic E-state index is 0.193. The second-order valence-electron chi connectivity index (χ2n) is 7.30. The quantitative estimate of drug-likeness (QED) is 0.253. The molecule has 0 amide bonds. The molecule has 0 aliphatic carbocycles. The Labute approximate surface area is 126 Å². The molecule has 0 aromatic carbocycles. The van der Waals surface area contributed by atoms with Gasteiger partial charge in [-0.1, -0.05) is 57.8 Å². The van der Waals surface area contributed by atoms with Gasteiger partial charge in [-0.05, 0) is 31.6 Å². The van der Waals surface area contributed by atoms with E-state index in [-0.39, 0.29) is 11.4 Å². The van der Waals surface area contributed by atoms with Gasteiger partial charge in [0.05, 0.1) is 6.61 Å². The zero-order valence-electron chi connectivity index (χ0n) is 14.2. The van der Waals surface area contributed by atoms with Gasteiger partial charge in [0, 0.05) is 14.1 Å². The molecule has 0 spiro atoms. The molecule has 0 aromatic heterocycles. The number of hydrogen-bond donors (Lipinski definition) is 0. The standard InChI is InChI=1S/C17H32O2Si/c1-7-19-16(18)12-11-14-17(2,3)13-9-8-10-15-20(4,5)6/h8-9,11-12H,7,10,13-15H2,1-6H3/b9-8-,12-11+. The summed E-state index contributed by atoms with van der Waals surface area (Å²) >= 11 is 0. The highest BCUT2D eigenvalue weighted by Gasteiger charge is 2.14. The van der Waals surface area contributed by atoms with Gasteiger partial charge >= 0.3 is 5.97 Å². The maximum atomic E-state index is 11.2. The average molecular weight is 297 g/mol. The van der Waals surface area contributed by atoms with Gasteiger partial charge < -0.3 is 4.74 Å². The molecule has 116 valence electrons. The molecule has 0 fully saturated rings. The SMILES string of the molecule is CCOC(=O)/C=C/CC(C)(C)C/C=C\CC[Si](C)(C)C. The van der Waals surface area contributed by atoms with Gasteiger partial charge in [0.1, 0.15) is 0 Å². The summed E-state index contributed by atoms with van der Waals surface area (Å²) in [5.41, 5.74) is 0.193. The first-order valence-electron chi connectivity index (χ1n) is 7.64. The summed E-state index contributed by atoms with van der Waals surface area (Å²) in [4.78, 5) is 11.2. The maximum Gasteiger partial charge on any atom is 0.330 e. The number of carbonyl (C=O) groups excluding carboxylic acids is 1. The lowest BCUT2D eigenvalue weighted by molar-refractivity contribution is -0.137. The number of allylic oxidation sites excluding steroid dienone is 3. The molecule has 0 radical (unpaired) electrons. The predicted molar refractivity (Wildman–Crippen MR) is 90.7 cm³/mol. The van der Waals surface area contributed by atoms with Crippen LogP contribution in [0.5, 0.6) is 0 Å². The van der Waals surface area contributed by atoms with E-state index in [1.165, 1.54) is 12.5 Å². The van der Waals surface area contributed by atoms with Gasteiger partial charge in [-0.15, -0.1) is 0 Å². The first-order chi connectivity index (χ1) is 9.16. The minimum atomic E-state index is -0.908. The molecular formula is C17H32O2Si. The highest BCUT2D eigenvalue weighted by atomic mass is 28.3. The third-order valence-corrected chi connectivity index (χ3v) is 4.90. The largest absolute Gasteiger partial charge is 0.463 e. The van der Waals surface area contributed by atoms with Crippen molar-refractivity contribution in [2.45, 2.75) is 65.7 Å². The molecule has 20 heavy (non-hydrogen) atoms. The average Bonchev–Trinajstić information content (AvgIpc) is 2.26. The summed E-state index contributed by atoms with van der Waals surface area (Å²) in [5.74, 6) is -0.242. The van der Waals surface area contributed by atoms with Crippen LogP contribution >= 0.6 is 0 Å². The van der Waals surface area contributed by atoms with Crippen LogP contribution in [0.25, 0.3) is 0 Å². The molecule has 0 saturated carbocycles. The molecule has 0 atom stereocenters. The van der Waals surface area contributed by atoms with E-state index < -0.39 is 8.07 Å². The minimum Gasteiger partial charge on any atom is -0.463 e. The van der Waals surface area contributed by atoms with Gasteiger partial charge in [-0.2, -0.15) is 0 Å². The lowest BCUT2D eigenvalue weighted by Gasteiger charge is -2.20. The second kappa shape index (κ2) is 9.17. The van der Waals surface area contributed by atoms with E-state index in [2.05, 4.69) is 45.6 Å². The van der Waals surface area contributed by atoms with E-state index in [1.54, 1.807) is 6.08 Å². The number of hydrogen-bond acceptors (Lipinski definition) is 2. The fraction of sp³-hybridized carbons (Fsp3) is 0.706. The van der Waals surface area contributed by atoms with Crippen molar-refractivity contribution in [2.24, 2.45) is 5.41 Å². The zero-order chi connectivity index (χ0) is 15.6. The van der Waals surface area contributed by atoms with E-state index in [4.69, 9.17) is 4.74 Å². The summed E-state index contributed by atoms with van der Waals surface area (Å²) in [6.45, 7) is 13.9. The highest BCUT2D eigenvalue weighted by molar-refractivity contribution is 6.76. The van der Waals surface area contributed by atoms with Crippen molar-refractivity contribution in [1.29, 1.82) is 0 Å². The fourth-order valence-electron chi connectivity index (χ4n) is 1.78. The van der Waals surface area contributed by atoms with Crippen LogP contribution in [-0.2, 0) is 9.53 Å². The Morgan fingerprint density at radius 1 is 1.10 bits per heavy atom. The van der Waals surface area contributed by atoms with Gasteiger partial charge in [0.25, 0.3) is 0 Å². The van der Waals surface area contributed by atoms with Crippen molar-refractivity contribution in [2.75, 3.05) is 6.61 Å². The molecule has 0 unspecified atom stereocenters. The summed E-state index contributed by atoms with van der Waals surface area (Å²) in [6.07, 6.45) is 11.2. The Kier molecular flexibility index (Phi) is 8.79. The molecular weight excluding hydrogens is 264 g/mol. The van der Waals surface area contributed by atoms with E-state index in [1.807, 2.05) is 13.0 Å². The Bertz CT molecular complexity index is 335. The Morgan fingerprint density at radius 3 is 2.25 bits per heavy atom. The third-order valence-electron chi connectivity index (χ3n) is 3.11. The van der Waals surface area contributed by atoms with E-state index in [0.29, 0.717) is 6.61 Å². The van der Waals surface area contributed by atoms with Gasteiger partial charge in [-0.25, -0.2) is 4.79 Å². The zero-order valence-corrected chi connectivity index (χ0v) is 15.2. The number of carbonyl (C=O) groups is 1. The maximum absolute atomic E-state index is 11.2. The molecule has 0 heterocycles. The van der Waals surface area contributed by atoms with Crippen molar-refractivity contribution in [3.8, 4) is 0 Å². The monoisotopic (exact) mass is 296 g/mol. The second-order valence-corrected chi connectivity index (χ2v) is 12.9. The molecule has 0 N–H and O–H groups in total. The van der Waals surface area contributed by atoms with Crippen molar-refractivity contribution in [3.63, 3.8) is 0 Å². The molecule has 0 saturated heterocycles. The molecule has 2 nitrogen and oxygen atoms in total. The smallest absolute Gasteiger partial charge is 0.330 e. The van der Waals surface area contributed by atoms with E-state index in [9.17, 15) is 4.79 Å². The molecule has 3 heteroatoms. The lowest BCUT2D eigenvalue weighted by Crippen LogP contribution is -2.18. The van der Waals surface area contributed by atoms with Crippen LogP contribution in [-0.4, -0.2) is 20.7 Å². The molecule has 0 aliphatic rings. The molecule has 0 bridgehead atoms. The number of rotatable bonds is 9. The molecule has 0 aliphatic heterocycles. The van der Waals surface area contributed by atoms with Crippen LogP contribution in [0.4, 0.5) is 0 Å². The van der Waals surface area contributed by atoms with Crippen LogP contribution in [0.1, 0.15) is 40.0 Å². The van der Waals surface area contributed by atoms with Gasteiger partial charge in [-0.3, -0.25) is 0 Å². The summed E-state index contributed by atoms with van der Waals surface area (Å²) < 4.78 is 4.87. The topological polar surface area (TPSA) is 26.3 Å². The van der Waals surface area contributed by atoms with Crippen LogP contribution in [0, 0.1) is 5.41 Å². The lowest BCUT2D eigenvalue weighted by atomic mass is 9.85. The van der Waals surface area contributed by atoms with Crippen LogP contribution in [0.3, 0.4) is 0 Å². The summed E-state index contributed by atoms with van der Waals surface area (Å²) in [5, 5.41) is 0. The Balaban J connectivity index is 4.00. The van der Waals surface area contributed by atoms with Crippen LogP contribution < -0.4 is 0 Å². The third kappa shape index (κ3) is 12.2. The van der Waals surface area contributed by atoms with Crippen molar-refractivity contribution >= 4 is 14.0 Å². The first-order valence-corrected chi connectivity index (χ1v) is 11.4. The molecule has 0 rings (SSSR count). The van der Waals surface area contributed by atoms with Crippen LogP contribution in [0.2, 0.25) is 25.7 Å². The van der Waals surface area contributed by atoms with Crippen LogP contribution in [0.15, 0.2) is 24.3 Å². The van der Waals surface area contributed by atoms with E-state index in [0.717, 1.165) is 12.8 Å². The highest BCUT2D eigenvalue weighted by Crippen LogP contribution is 2.26. The van der Waals surface area contributed by atoms with Gasteiger partial charge in [0.2, 0.25) is 0 Å². The molecule has 0 aromatic rings. The Morgan fingerprint density at radius 2 is 1.70 bits per heavy atom. The number of ether oxygens (including phenoxy) is 1. The first kappa shape index (κ1) is 19.2. The van der Waals surface area contributed by atoms with Crippen molar-refractivity contribution < 1.29 is 9.53 Å². The summed E-state index contributed by atoms with van der Waals surface area (Å²) in [6, 6.07) is 1.35. The van der Waals surface area contributed by atoms with E-state index >= 15 is 0 Å². The fourth-order valence-corrected chi connectivity index (χ4v) is 2.82. The van der Waals surface area contributed by atoms with Crippen molar-refractivity contribution in [1.82, 2.24) is 0 Å². The van der Waals surface area contributed by atoms with Crippen molar-refractivity contribution in [3.05, 3.63) is 24.3 Å². The number of esters is 1. The Hall–Kier alpha value is -0.833.